The highest BCUT2D eigenvalue weighted by Crippen LogP contribution is 2.12. The lowest BCUT2D eigenvalue weighted by Crippen LogP contribution is -2.39. The number of anilines is 1. The standard InChI is InChI=1S/C15H15F2N3O2/c1-3-6-18-13-8-14(21)19(2)15(22)20(13)9-10-4-5-11(16)7-12(10)17/h3-5,7-8,18H,1,6,9H2,2H3. The summed E-state index contributed by atoms with van der Waals surface area (Å²) < 4.78 is 28.8. The predicted octanol–water partition coefficient (Wildman–Crippen LogP) is 1.47. The van der Waals surface area contributed by atoms with Crippen LogP contribution < -0.4 is 16.6 Å². The minimum atomic E-state index is -0.754. The van der Waals surface area contributed by atoms with Gasteiger partial charge in [-0.1, -0.05) is 12.1 Å². The van der Waals surface area contributed by atoms with Gasteiger partial charge in [0.25, 0.3) is 5.56 Å². The van der Waals surface area contributed by atoms with E-state index in [1.165, 1.54) is 23.7 Å². The molecule has 0 aliphatic heterocycles. The maximum Gasteiger partial charge on any atom is 0.332 e. The zero-order chi connectivity index (χ0) is 16.3. The smallest absolute Gasteiger partial charge is 0.332 e. The van der Waals surface area contributed by atoms with Crippen molar-refractivity contribution in [3.8, 4) is 0 Å². The van der Waals surface area contributed by atoms with Crippen molar-refractivity contribution in [2.75, 3.05) is 11.9 Å². The van der Waals surface area contributed by atoms with Crippen LogP contribution in [-0.4, -0.2) is 15.7 Å². The van der Waals surface area contributed by atoms with Crippen molar-refractivity contribution in [1.82, 2.24) is 9.13 Å². The molecule has 2 rings (SSSR count). The van der Waals surface area contributed by atoms with Crippen LogP contribution in [-0.2, 0) is 13.6 Å². The third kappa shape index (κ3) is 3.13. The fraction of sp³-hybridized carbons (Fsp3) is 0.200. The van der Waals surface area contributed by atoms with Crippen LogP contribution in [0.1, 0.15) is 5.56 Å². The highest BCUT2D eigenvalue weighted by atomic mass is 19.1. The van der Waals surface area contributed by atoms with Gasteiger partial charge >= 0.3 is 5.69 Å². The van der Waals surface area contributed by atoms with Crippen molar-refractivity contribution in [1.29, 1.82) is 0 Å². The van der Waals surface area contributed by atoms with Crippen LogP contribution in [0, 0.1) is 11.6 Å². The summed E-state index contributed by atoms with van der Waals surface area (Å²) in [5.41, 5.74) is -0.932. The van der Waals surface area contributed by atoms with Gasteiger partial charge in [0.1, 0.15) is 17.5 Å². The molecule has 0 fully saturated rings. The predicted molar refractivity (Wildman–Crippen MR) is 80.1 cm³/mol. The van der Waals surface area contributed by atoms with E-state index < -0.39 is 22.9 Å². The second-order valence-corrected chi connectivity index (χ2v) is 4.70. The molecule has 0 atom stereocenters. The minimum absolute atomic E-state index is 0.126. The fourth-order valence-corrected chi connectivity index (χ4v) is 1.97. The van der Waals surface area contributed by atoms with E-state index in [9.17, 15) is 18.4 Å². The first-order valence-electron chi connectivity index (χ1n) is 6.53. The van der Waals surface area contributed by atoms with Gasteiger partial charge in [0.2, 0.25) is 0 Å². The summed E-state index contributed by atoms with van der Waals surface area (Å²) in [4.78, 5) is 23.9. The van der Waals surface area contributed by atoms with Gasteiger partial charge in [0, 0.05) is 31.3 Å². The molecule has 1 heterocycles. The van der Waals surface area contributed by atoms with Crippen LogP contribution in [0.15, 0.2) is 46.5 Å². The third-order valence-electron chi connectivity index (χ3n) is 3.17. The summed E-state index contributed by atoms with van der Waals surface area (Å²) in [5, 5.41) is 2.86. The van der Waals surface area contributed by atoms with E-state index in [0.29, 0.717) is 6.54 Å². The zero-order valence-electron chi connectivity index (χ0n) is 12.0. The van der Waals surface area contributed by atoms with E-state index in [1.54, 1.807) is 6.08 Å². The molecule has 0 aliphatic rings. The molecule has 7 heteroatoms. The maximum atomic E-state index is 13.8. The number of nitrogens with zero attached hydrogens (tertiary/aromatic N) is 2. The van der Waals surface area contributed by atoms with E-state index in [4.69, 9.17) is 0 Å². The molecule has 1 aromatic carbocycles. The van der Waals surface area contributed by atoms with Crippen molar-refractivity contribution in [3.05, 3.63) is 75.0 Å². The molecular weight excluding hydrogens is 292 g/mol. The Hall–Kier alpha value is -2.70. The largest absolute Gasteiger partial charge is 0.368 e. The second-order valence-electron chi connectivity index (χ2n) is 4.70. The molecule has 2 aromatic rings. The average molecular weight is 307 g/mol. The summed E-state index contributed by atoms with van der Waals surface area (Å²) in [7, 11) is 1.33. The highest BCUT2D eigenvalue weighted by molar-refractivity contribution is 5.36. The molecule has 5 nitrogen and oxygen atoms in total. The molecule has 0 spiro atoms. The second kappa shape index (κ2) is 6.38. The molecular formula is C15H15F2N3O2. The first kappa shape index (κ1) is 15.7. The number of halogens is 2. The number of rotatable bonds is 5. The van der Waals surface area contributed by atoms with Gasteiger partial charge in [-0.3, -0.25) is 13.9 Å². The summed E-state index contributed by atoms with van der Waals surface area (Å²) in [6.45, 7) is 3.75. The Morgan fingerprint density at radius 2 is 2.00 bits per heavy atom. The third-order valence-corrected chi connectivity index (χ3v) is 3.17. The summed E-state index contributed by atoms with van der Waals surface area (Å²) in [6.07, 6.45) is 1.56. The van der Waals surface area contributed by atoms with Crippen molar-refractivity contribution >= 4 is 5.82 Å². The Labute approximate surface area is 125 Å². The van der Waals surface area contributed by atoms with Crippen molar-refractivity contribution in [2.45, 2.75) is 6.54 Å². The number of aromatic nitrogens is 2. The van der Waals surface area contributed by atoms with E-state index in [1.807, 2.05) is 0 Å². The Morgan fingerprint density at radius 3 is 2.64 bits per heavy atom. The lowest BCUT2D eigenvalue weighted by Gasteiger charge is -2.15. The zero-order valence-corrected chi connectivity index (χ0v) is 12.0. The first-order valence-corrected chi connectivity index (χ1v) is 6.53. The number of benzene rings is 1. The van der Waals surface area contributed by atoms with Crippen LogP contribution in [0.25, 0.3) is 0 Å². The van der Waals surface area contributed by atoms with Gasteiger partial charge in [-0.2, -0.15) is 0 Å². The first-order chi connectivity index (χ1) is 10.4. The van der Waals surface area contributed by atoms with Gasteiger partial charge < -0.3 is 5.32 Å². The molecule has 0 amide bonds. The highest BCUT2D eigenvalue weighted by Gasteiger charge is 2.12. The number of nitrogens with one attached hydrogen (secondary N) is 1. The van der Waals surface area contributed by atoms with Crippen molar-refractivity contribution in [2.24, 2.45) is 7.05 Å². The van der Waals surface area contributed by atoms with Crippen LogP contribution in [0.4, 0.5) is 14.6 Å². The van der Waals surface area contributed by atoms with Gasteiger partial charge in [0.05, 0.1) is 6.54 Å². The van der Waals surface area contributed by atoms with Crippen LogP contribution >= 0.6 is 0 Å². The molecule has 1 aromatic heterocycles. The molecule has 0 unspecified atom stereocenters. The van der Waals surface area contributed by atoms with Crippen LogP contribution in [0.3, 0.4) is 0 Å². The van der Waals surface area contributed by atoms with Crippen molar-refractivity contribution in [3.63, 3.8) is 0 Å². The molecule has 0 radical (unpaired) electrons. The summed E-state index contributed by atoms with van der Waals surface area (Å²) in [5.74, 6) is -1.20. The average Bonchev–Trinajstić information content (AvgIpc) is 2.48. The molecule has 0 saturated heterocycles. The normalized spacial score (nSPS) is 10.5. The van der Waals surface area contributed by atoms with E-state index in [0.717, 1.165) is 16.7 Å². The van der Waals surface area contributed by atoms with Gasteiger partial charge in [-0.05, 0) is 6.07 Å². The molecule has 22 heavy (non-hydrogen) atoms. The lowest BCUT2D eigenvalue weighted by molar-refractivity contribution is 0.559. The van der Waals surface area contributed by atoms with Crippen LogP contribution in [0.2, 0.25) is 0 Å². The number of hydrogen-bond donors (Lipinski definition) is 1. The molecule has 0 aliphatic carbocycles. The van der Waals surface area contributed by atoms with Crippen LogP contribution in [0.5, 0.6) is 0 Å². The molecule has 0 bridgehead atoms. The number of hydrogen-bond acceptors (Lipinski definition) is 3. The minimum Gasteiger partial charge on any atom is -0.368 e. The van der Waals surface area contributed by atoms with Gasteiger partial charge in [0.15, 0.2) is 0 Å². The Kier molecular flexibility index (Phi) is 4.55. The SMILES string of the molecule is C=CCNc1cc(=O)n(C)c(=O)n1Cc1ccc(F)cc1F. The Balaban J connectivity index is 2.52. The monoisotopic (exact) mass is 307 g/mol. The maximum absolute atomic E-state index is 13.8. The van der Waals surface area contributed by atoms with E-state index in [-0.39, 0.29) is 17.9 Å². The topological polar surface area (TPSA) is 56.0 Å². The van der Waals surface area contributed by atoms with E-state index >= 15 is 0 Å². The summed E-state index contributed by atoms with van der Waals surface area (Å²) in [6, 6.07) is 4.37. The fourth-order valence-electron chi connectivity index (χ4n) is 1.97. The van der Waals surface area contributed by atoms with Gasteiger partial charge in [-0.15, -0.1) is 6.58 Å². The molecule has 116 valence electrons. The lowest BCUT2D eigenvalue weighted by atomic mass is 10.2. The van der Waals surface area contributed by atoms with Gasteiger partial charge in [-0.25, -0.2) is 13.6 Å². The summed E-state index contributed by atoms with van der Waals surface area (Å²) >= 11 is 0. The Morgan fingerprint density at radius 1 is 1.27 bits per heavy atom. The van der Waals surface area contributed by atoms with E-state index in [2.05, 4.69) is 11.9 Å². The quantitative estimate of drug-likeness (QED) is 0.851. The Bertz CT molecular complexity index is 825. The molecule has 1 N–H and O–H groups in total. The molecule has 0 saturated carbocycles. The van der Waals surface area contributed by atoms with Crippen molar-refractivity contribution < 1.29 is 8.78 Å².